The molecule has 2 aromatic heterocycles. The number of fused-ring (bicyclic) bond motifs is 1. The highest BCUT2D eigenvalue weighted by atomic mass is 16.6. The predicted molar refractivity (Wildman–Crippen MR) is 140 cm³/mol. The highest BCUT2D eigenvalue weighted by molar-refractivity contribution is 5.81. The minimum absolute atomic E-state index is 0.0706. The first-order valence-corrected chi connectivity index (χ1v) is 12.3. The number of likely N-dealkylation sites (tertiary alicyclic amines) is 1. The molecule has 0 saturated carbocycles. The standard InChI is InChI=1S/C26H32N8O3/c1-15-7-6-8-19-20(15)24(35)34(17-9-11-33(12-10-17)25(36)37-26(3,4)5)23(32-19)16(2)31-22-18(13-27)21(28)29-14-30-22/h6-8,14,16-17H,9-12H2,1-5H3,(H3,28,29,30,31)/t16-/m0/s1. The lowest BCUT2D eigenvalue weighted by Gasteiger charge is -2.35. The maximum Gasteiger partial charge on any atom is 0.410 e. The molecule has 1 fully saturated rings. The van der Waals surface area contributed by atoms with Gasteiger partial charge in [0.25, 0.3) is 5.56 Å². The number of benzene rings is 1. The van der Waals surface area contributed by atoms with E-state index in [0.717, 1.165) is 5.56 Å². The molecule has 1 amide bonds. The minimum atomic E-state index is -0.578. The number of anilines is 2. The summed E-state index contributed by atoms with van der Waals surface area (Å²) >= 11 is 0. The molecule has 1 atom stereocenters. The second kappa shape index (κ2) is 10.0. The van der Waals surface area contributed by atoms with E-state index in [9.17, 15) is 14.9 Å². The quantitative estimate of drug-likeness (QED) is 0.541. The molecule has 3 aromatic rings. The Morgan fingerprint density at radius 2 is 1.97 bits per heavy atom. The second-order valence-corrected chi connectivity index (χ2v) is 10.3. The van der Waals surface area contributed by atoms with E-state index in [1.807, 2.05) is 58.9 Å². The summed E-state index contributed by atoms with van der Waals surface area (Å²) in [6.07, 6.45) is 2.07. The molecule has 37 heavy (non-hydrogen) atoms. The van der Waals surface area contributed by atoms with Gasteiger partial charge in [-0.15, -0.1) is 0 Å². The number of hydrogen-bond acceptors (Lipinski definition) is 9. The molecule has 3 N–H and O–H groups in total. The van der Waals surface area contributed by atoms with Crippen molar-refractivity contribution in [3.63, 3.8) is 0 Å². The largest absolute Gasteiger partial charge is 0.444 e. The van der Waals surface area contributed by atoms with Crippen LogP contribution in [0, 0.1) is 18.3 Å². The molecule has 1 saturated heterocycles. The van der Waals surface area contributed by atoms with Crippen molar-refractivity contribution in [3.8, 4) is 6.07 Å². The molecule has 0 bridgehead atoms. The summed E-state index contributed by atoms with van der Waals surface area (Å²) in [5.74, 6) is 0.855. The van der Waals surface area contributed by atoms with Gasteiger partial charge in [-0.25, -0.2) is 19.7 Å². The Labute approximate surface area is 215 Å². The lowest BCUT2D eigenvalue weighted by molar-refractivity contribution is 0.0186. The summed E-state index contributed by atoms with van der Waals surface area (Å²) in [6, 6.07) is 6.95. The van der Waals surface area contributed by atoms with Gasteiger partial charge in [0, 0.05) is 19.1 Å². The predicted octanol–water partition coefficient (Wildman–Crippen LogP) is 3.69. The molecule has 3 heterocycles. The van der Waals surface area contributed by atoms with Gasteiger partial charge in [0.2, 0.25) is 0 Å². The molecule has 0 spiro atoms. The fourth-order valence-corrected chi connectivity index (χ4v) is 4.61. The van der Waals surface area contributed by atoms with Crippen LogP contribution in [0.15, 0.2) is 29.3 Å². The number of carbonyl (C=O) groups excluding carboxylic acids is 1. The van der Waals surface area contributed by atoms with Gasteiger partial charge in [0.15, 0.2) is 0 Å². The Balaban J connectivity index is 1.71. The van der Waals surface area contributed by atoms with Gasteiger partial charge >= 0.3 is 6.09 Å². The van der Waals surface area contributed by atoms with Crippen LogP contribution in [0.4, 0.5) is 16.4 Å². The second-order valence-electron chi connectivity index (χ2n) is 10.3. The number of amides is 1. The fraction of sp³-hybridized carbons (Fsp3) is 0.462. The third-order valence-corrected chi connectivity index (χ3v) is 6.38. The lowest BCUT2D eigenvalue weighted by Crippen LogP contribution is -2.44. The summed E-state index contributed by atoms with van der Waals surface area (Å²) < 4.78 is 7.25. The molecule has 4 rings (SSSR count). The Morgan fingerprint density at radius 1 is 1.27 bits per heavy atom. The maximum atomic E-state index is 13.9. The van der Waals surface area contributed by atoms with Crippen LogP contribution in [-0.4, -0.2) is 49.2 Å². The van der Waals surface area contributed by atoms with Crippen molar-refractivity contribution >= 4 is 28.6 Å². The number of carbonyl (C=O) groups is 1. The van der Waals surface area contributed by atoms with Gasteiger partial charge in [-0.1, -0.05) is 12.1 Å². The number of rotatable bonds is 4. The van der Waals surface area contributed by atoms with Crippen LogP contribution in [0.25, 0.3) is 10.9 Å². The molecule has 1 aliphatic rings. The molecular weight excluding hydrogens is 472 g/mol. The van der Waals surface area contributed by atoms with E-state index in [2.05, 4.69) is 15.3 Å². The number of nitrogens with one attached hydrogen (secondary N) is 1. The molecule has 0 aliphatic carbocycles. The summed E-state index contributed by atoms with van der Waals surface area (Å²) in [5.41, 5.74) is 6.72. The number of ether oxygens (including phenoxy) is 1. The van der Waals surface area contributed by atoms with Crippen LogP contribution in [0.5, 0.6) is 0 Å². The Kier molecular flexibility index (Phi) is 7.03. The molecule has 0 unspecified atom stereocenters. The van der Waals surface area contributed by atoms with Crippen LogP contribution in [-0.2, 0) is 4.74 Å². The van der Waals surface area contributed by atoms with Gasteiger partial charge in [-0.2, -0.15) is 5.26 Å². The third kappa shape index (κ3) is 5.33. The van der Waals surface area contributed by atoms with Crippen LogP contribution in [0.3, 0.4) is 0 Å². The summed E-state index contributed by atoms with van der Waals surface area (Å²) in [5, 5.41) is 13.3. The van der Waals surface area contributed by atoms with Gasteiger partial charge in [-0.05, 0) is 59.1 Å². The SMILES string of the molecule is Cc1cccc2nc([C@H](C)Nc3ncnc(N)c3C#N)n(C3CCN(C(=O)OC(C)(C)C)CC3)c(=O)c12. The van der Waals surface area contributed by atoms with Gasteiger partial charge in [0.1, 0.15) is 41.0 Å². The molecule has 194 valence electrons. The Bertz CT molecular complexity index is 1430. The molecule has 1 aromatic carbocycles. The van der Waals surface area contributed by atoms with Crippen molar-refractivity contribution in [2.24, 2.45) is 0 Å². The highest BCUT2D eigenvalue weighted by Gasteiger charge is 2.31. The monoisotopic (exact) mass is 504 g/mol. The number of nitriles is 1. The van der Waals surface area contributed by atoms with Crippen LogP contribution in [0.1, 0.15) is 69.6 Å². The van der Waals surface area contributed by atoms with E-state index >= 15 is 0 Å². The average Bonchev–Trinajstić information content (AvgIpc) is 2.83. The van der Waals surface area contributed by atoms with E-state index in [1.165, 1.54) is 6.33 Å². The van der Waals surface area contributed by atoms with E-state index in [-0.39, 0.29) is 34.9 Å². The van der Waals surface area contributed by atoms with Gasteiger partial charge in [0.05, 0.1) is 16.9 Å². The number of aryl methyl sites for hydroxylation is 1. The van der Waals surface area contributed by atoms with Crippen LogP contribution < -0.4 is 16.6 Å². The van der Waals surface area contributed by atoms with Crippen LogP contribution in [0.2, 0.25) is 0 Å². The van der Waals surface area contributed by atoms with Crippen molar-refractivity contribution < 1.29 is 9.53 Å². The first-order chi connectivity index (χ1) is 17.5. The minimum Gasteiger partial charge on any atom is -0.444 e. The maximum absolute atomic E-state index is 13.9. The Morgan fingerprint density at radius 3 is 2.62 bits per heavy atom. The number of nitrogens with two attached hydrogens (primary N) is 1. The smallest absolute Gasteiger partial charge is 0.410 e. The Hall–Kier alpha value is -4.20. The summed E-state index contributed by atoms with van der Waals surface area (Å²) in [7, 11) is 0. The molecule has 0 radical (unpaired) electrons. The van der Waals surface area contributed by atoms with E-state index < -0.39 is 11.6 Å². The number of nitrogens with zero attached hydrogens (tertiary/aromatic N) is 6. The number of piperidine rings is 1. The van der Waals surface area contributed by atoms with Crippen molar-refractivity contribution in [3.05, 3.63) is 51.8 Å². The van der Waals surface area contributed by atoms with Gasteiger partial charge < -0.3 is 20.7 Å². The molecule has 11 nitrogen and oxygen atoms in total. The number of nitrogen functional groups attached to an aromatic ring is 1. The van der Waals surface area contributed by atoms with E-state index in [4.69, 9.17) is 15.5 Å². The topological polar surface area (TPSA) is 152 Å². The zero-order valence-electron chi connectivity index (χ0n) is 21.8. The van der Waals surface area contributed by atoms with Crippen molar-refractivity contribution in [1.82, 2.24) is 24.4 Å². The molecule has 11 heteroatoms. The zero-order valence-corrected chi connectivity index (χ0v) is 21.8. The zero-order chi connectivity index (χ0) is 26.9. The first-order valence-electron chi connectivity index (χ1n) is 12.3. The highest BCUT2D eigenvalue weighted by Crippen LogP contribution is 2.29. The van der Waals surface area contributed by atoms with Gasteiger partial charge in [-0.3, -0.25) is 9.36 Å². The van der Waals surface area contributed by atoms with Crippen molar-refractivity contribution in [2.75, 3.05) is 24.1 Å². The normalized spacial score (nSPS) is 15.3. The van der Waals surface area contributed by atoms with Crippen molar-refractivity contribution in [2.45, 2.75) is 65.1 Å². The summed E-state index contributed by atoms with van der Waals surface area (Å²) in [4.78, 5) is 41.1. The molecular formula is C26H32N8O3. The van der Waals surface area contributed by atoms with E-state index in [0.29, 0.717) is 42.7 Å². The first kappa shape index (κ1) is 25.9. The van der Waals surface area contributed by atoms with Crippen LogP contribution >= 0.6 is 0 Å². The summed E-state index contributed by atoms with van der Waals surface area (Å²) in [6.45, 7) is 10.2. The van der Waals surface area contributed by atoms with E-state index in [1.54, 1.807) is 9.47 Å². The average molecular weight is 505 g/mol. The fourth-order valence-electron chi connectivity index (χ4n) is 4.61. The van der Waals surface area contributed by atoms with Crippen molar-refractivity contribution in [1.29, 1.82) is 5.26 Å². The number of hydrogen-bond donors (Lipinski definition) is 2. The number of aromatic nitrogens is 4. The third-order valence-electron chi connectivity index (χ3n) is 6.38. The lowest BCUT2D eigenvalue weighted by atomic mass is 10.0. The molecule has 1 aliphatic heterocycles.